The van der Waals surface area contributed by atoms with Crippen molar-refractivity contribution in [2.75, 3.05) is 0 Å². The van der Waals surface area contributed by atoms with Crippen LogP contribution in [-0.4, -0.2) is 5.54 Å². The molecule has 0 aromatic rings. The van der Waals surface area contributed by atoms with E-state index in [-0.39, 0.29) is 5.54 Å². The normalized spacial score (nSPS) is 12.0. The largest absolute Gasteiger partial charge is 0.635 e. The van der Waals surface area contributed by atoms with E-state index in [1.165, 1.54) is 63.3 Å². The lowest BCUT2D eigenvalue weighted by atomic mass is 9.84. The number of hydrogen-bond acceptors (Lipinski definition) is 1. The smallest absolute Gasteiger partial charge is 0.0958 e. The molecular weight excluding hydrogens is 246 g/mol. The van der Waals surface area contributed by atoms with Gasteiger partial charge in [-0.05, 0) is 6.42 Å². The fourth-order valence-electron chi connectivity index (χ4n) is 3.34. The summed E-state index contributed by atoms with van der Waals surface area (Å²) in [6.07, 6.45) is 17.8. The summed E-state index contributed by atoms with van der Waals surface area (Å²) in [7, 11) is 0. The average molecular weight is 286 g/mol. The van der Waals surface area contributed by atoms with Crippen molar-refractivity contribution in [3.63, 3.8) is 0 Å². The third-order valence-corrected chi connectivity index (χ3v) is 4.52. The predicted molar refractivity (Wildman–Crippen MR) is 89.7 cm³/mol. The number of nitrogens with two attached hydrogens (primary N) is 1. The van der Waals surface area contributed by atoms with Crippen LogP contribution in [-0.2, 0) is 0 Å². The van der Waals surface area contributed by atoms with E-state index < -0.39 is 0 Å². The molecule has 0 aliphatic heterocycles. The minimum atomic E-state index is 0.00459. The fraction of sp³-hybridized carbons (Fsp3) is 1.00. The molecule has 0 radical (unpaired) electrons. The van der Waals surface area contributed by atoms with Crippen LogP contribution < -0.4 is 5.48 Å². The Morgan fingerprint density at radius 1 is 0.600 bits per heavy atom. The van der Waals surface area contributed by atoms with E-state index >= 15 is 0 Å². The number of hydroxylamine groups is 1. The molecule has 2 nitrogen and oxygen atoms in total. The first-order chi connectivity index (χ1) is 9.74. The monoisotopic (exact) mass is 285 g/mol. The summed E-state index contributed by atoms with van der Waals surface area (Å²) in [6.45, 7) is 6.67. The number of unbranched alkanes of at least 4 members (excludes halogenated alkanes) is 8. The Bertz CT molecular complexity index is 188. The van der Waals surface area contributed by atoms with E-state index in [0.29, 0.717) is 0 Å². The van der Waals surface area contributed by atoms with Gasteiger partial charge in [-0.3, -0.25) is 0 Å². The molecule has 20 heavy (non-hydrogen) atoms. The van der Waals surface area contributed by atoms with Crippen molar-refractivity contribution in [2.24, 2.45) is 0 Å². The van der Waals surface area contributed by atoms with Crippen LogP contribution in [0.4, 0.5) is 0 Å². The SMILES string of the molecule is CCCCCCCCCCCC(CCC)(CCC)[NH2+][O-]. The van der Waals surface area contributed by atoms with Gasteiger partial charge >= 0.3 is 0 Å². The van der Waals surface area contributed by atoms with Crippen LogP contribution in [0.5, 0.6) is 0 Å². The van der Waals surface area contributed by atoms with Crippen molar-refractivity contribution < 1.29 is 5.48 Å². The zero-order chi connectivity index (χ0) is 15.1. The van der Waals surface area contributed by atoms with Crippen molar-refractivity contribution in [3.05, 3.63) is 5.21 Å². The highest BCUT2D eigenvalue weighted by atomic mass is 16.5. The van der Waals surface area contributed by atoms with Gasteiger partial charge in [-0.15, -0.1) is 0 Å². The van der Waals surface area contributed by atoms with E-state index in [0.717, 1.165) is 32.1 Å². The molecule has 0 aliphatic rings. The van der Waals surface area contributed by atoms with Crippen molar-refractivity contribution in [1.82, 2.24) is 0 Å². The summed E-state index contributed by atoms with van der Waals surface area (Å²) < 4.78 is 0. The van der Waals surface area contributed by atoms with Gasteiger partial charge in [-0.25, -0.2) is 0 Å². The molecule has 2 heteroatoms. The van der Waals surface area contributed by atoms with Crippen molar-refractivity contribution in [2.45, 2.75) is 116 Å². The quantitative estimate of drug-likeness (QED) is 0.321. The van der Waals surface area contributed by atoms with E-state index in [1.54, 1.807) is 0 Å². The highest BCUT2D eigenvalue weighted by molar-refractivity contribution is 4.77. The standard InChI is InChI=1S/C18H39NO/c1-4-7-8-9-10-11-12-13-14-17-18(19-20,15-5-2)16-6-3/h4-17,19H2,1-3H3. The molecular formula is C18H39NO. The maximum atomic E-state index is 11.5. The summed E-state index contributed by atoms with van der Waals surface area (Å²) >= 11 is 0. The lowest BCUT2D eigenvalue weighted by Crippen LogP contribution is -2.91. The molecule has 0 rings (SSSR count). The Kier molecular flexibility index (Phi) is 13.8. The molecule has 0 aliphatic carbocycles. The van der Waals surface area contributed by atoms with Crippen molar-refractivity contribution >= 4 is 0 Å². The molecule has 0 unspecified atom stereocenters. The first-order valence-corrected chi connectivity index (χ1v) is 9.21. The Morgan fingerprint density at radius 3 is 1.45 bits per heavy atom. The number of hydrogen-bond donors (Lipinski definition) is 1. The van der Waals surface area contributed by atoms with Crippen LogP contribution in [0.25, 0.3) is 0 Å². The van der Waals surface area contributed by atoms with Gasteiger partial charge < -0.3 is 10.7 Å². The second-order valence-electron chi connectivity index (χ2n) is 6.56. The molecule has 0 aromatic carbocycles. The van der Waals surface area contributed by atoms with Gasteiger partial charge in [-0.2, -0.15) is 0 Å². The highest BCUT2D eigenvalue weighted by Crippen LogP contribution is 2.23. The first kappa shape index (κ1) is 19.9. The van der Waals surface area contributed by atoms with Crippen LogP contribution in [0.15, 0.2) is 0 Å². The zero-order valence-corrected chi connectivity index (χ0v) is 14.4. The van der Waals surface area contributed by atoms with E-state index in [1.807, 2.05) is 0 Å². The third-order valence-electron chi connectivity index (χ3n) is 4.52. The lowest BCUT2D eigenvalue weighted by Gasteiger charge is -2.33. The maximum Gasteiger partial charge on any atom is 0.0958 e. The summed E-state index contributed by atoms with van der Waals surface area (Å²) in [5, 5.41) is 11.5. The van der Waals surface area contributed by atoms with E-state index in [9.17, 15) is 5.21 Å². The van der Waals surface area contributed by atoms with Crippen molar-refractivity contribution in [3.8, 4) is 0 Å². The number of quaternary nitrogens is 1. The van der Waals surface area contributed by atoms with Crippen LogP contribution in [0, 0.1) is 5.21 Å². The van der Waals surface area contributed by atoms with Crippen LogP contribution >= 0.6 is 0 Å². The Balaban J connectivity index is 3.62. The molecule has 0 aromatic heterocycles. The summed E-state index contributed by atoms with van der Waals surface area (Å²) in [5.41, 5.74) is 1.27. The van der Waals surface area contributed by atoms with Crippen LogP contribution in [0.2, 0.25) is 0 Å². The fourth-order valence-corrected chi connectivity index (χ4v) is 3.34. The molecule has 122 valence electrons. The van der Waals surface area contributed by atoms with Crippen LogP contribution in [0.3, 0.4) is 0 Å². The molecule has 0 atom stereocenters. The Hall–Kier alpha value is -0.0800. The van der Waals surface area contributed by atoms with Gasteiger partial charge in [0.25, 0.3) is 0 Å². The molecule has 0 amide bonds. The topological polar surface area (TPSA) is 39.7 Å². The van der Waals surface area contributed by atoms with Gasteiger partial charge in [0, 0.05) is 19.3 Å². The molecule has 0 bridgehead atoms. The highest BCUT2D eigenvalue weighted by Gasteiger charge is 2.28. The van der Waals surface area contributed by atoms with Gasteiger partial charge in [0.15, 0.2) is 0 Å². The minimum absolute atomic E-state index is 0.00459. The molecule has 0 fully saturated rings. The van der Waals surface area contributed by atoms with Gasteiger partial charge in [0.05, 0.1) is 5.54 Å². The lowest BCUT2D eigenvalue weighted by molar-refractivity contribution is -0.673. The molecule has 0 heterocycles. The van der Waals surface area contributed by atoms with Gasteiger partial charge in [0.2, 0.25) is 0 Å². The second-order valence-corrected chi connectivity index (χ2v) is 6.56. The molecule has 2 N–H and O–H groups in total. The summed E-state index contributed by atoms with van der Waals surface area (Å²) in [6, 6.07) is 0. The van der Waals surface area contributed by atoms with Crippen molar-refractivity contribution in [1.29, 1.82) is 0 Å². The summed E-state index contributed by atoms with van der Waals surface area (Å²) in [5.74, 6) is 0. The molecule has 0 saturated heterocycles. The minimum Gasteiger partial charge on any atom is -0.635 e. The van der Waals surface area contributed by atoms with E-state index in [2.05, 4.69) is 20.8 Å². The maximum absolute atomic E-state index is 11.5. The van der Waals surface area contributed by atoms with Gasteiger partial charge in [0.1, 0.15) is 0 Å². The number of rotatable bonds is 15. The predicted octanol–water partition coefficient (Wildman–Crippen LogP) is 5.31. The Labute approximate surface area is 127 Å². The van der Waals surface area contributed by atoms with Gasteiger partial charge in [-0.1, -0.05) is 85.0 Å². The molecule has 0 spiro atoms. The molecule has 0 saturated carbocycles. The zero-order valence-electron chi connectivity index (χ0n) is 14.4. The Morgan fingerprint density at radius 2 is 1.05 bits per heavy atom. The first-order valence-electron chi connectivity index (χ1n) is 9.21. The second kappa shape index (κ2) is 13.9. The summed E-state index contributed by atoms with van der Waals surface area (Å²) in [4.78, 5) is 0. The van der Waals surface area contributed by atoms with Crippen LogP contribution in [0.1, 0.15) is 111 Å². The average Bonchev–Trinajstić information content (AvgIpc) is 2.46. The van der Waals surface area contributed by atoms with E-state index in [4.69, 9.17) is 0 Å². The third kappa shape index (κ3) is 9.77.